The maximum absolute atomic E-state index is 11.8. The number of hydrogen-bond donors (Lipinski definition) is 2. The second-order valence-electron chi connectivity index (χ2n) is 5.84. The normalized spacial score (nSPS) is 10.8. The highest BCUT2D eigenvalue weighted by atomic mass is 16.1. The van der Waals surface area contributed by atoms with Crippen LogP contribution in [0.2, 0.25) is 0 Å². The van der Waals surface area contributed by atoms with E-state index in [9.17, 15) is 4.79 Å². The number of para-hydroxylation sites is 1. The minimum Gasteiger partial charge on any atom is -0.384 e. The Bertz CT molecular complexity index is 435. The molecular weight excluding hydrogens is 274 g/mol. The number of benzene rings is 1. The van der Waals surface area contributed by atoms with Crippen LogP contribution in [0.15, 0.2) is 18.2 Å². The Labute approximate surface area is 135 Å². The van der Waals surface area contributed by atoms with Crippen LogP contribution in [-0.4, -0.2) is 44.5 Å². The molecule has 22 heavy (non-hydrogen) atoms. The van der Waals surface area contributed by atoms with E-state index in [1.54, 1.807) is 0 Å². The number of anilines is 1. The first-order chi connectivity index (χ1) is 10.6. The van der Waals surface area contributed by atoms with Crippen LogP contribution in [0.1, 0.15) is 37.8 Å². The maximum atomic E-state index is 11.8. The molecule has 1 aromatic carbocycles. The average Bonchev–Trinajstić information content (AvgIpc) is 2.51. The molecule has 1 amide bonds. The fourth-order valence-electron chi connectivity index (χ4n) is 2.48. The summed E-state index contributed by atoms with van der Waals surface area (Å²) in [4.78, 5) is 13.9. The van der Waals surface area contributed by atoms with Crippen molar-refractivity contribution in [2.75, 3.05) is 39.0 Å². The van der Waals surface area contributed by atoms with E-state index >= 15 is 0 Å². The highest BCUT2D eigenvalue weighted by molar-refractivity contribution is 5.76. The van der Waals surface area contributed by atoms with Crippen molar-refractivity contribution in [3.63, 3.8) is 0 Å². The molecule has 124 valence electrons. The summed E-state index contributed by atoms with van der Waals surface area (Å²) < 4.78 is 0. The molecule has 4 nitrogen and oxygen atoms in total. The van der Waals surface area contributed by atoms with E-state index in [0.29, 0.717) is 13.0 Å². The number of nitrogens with one attached hydrogen (secondary N) is 2. The lowest BCUT2D eigenvalue weighted by molar-refractivity contribution is -0.120. The van der Waals surface area contributed by atoms with Gasteiger partial charge in [-0.3, -0.25) is 4.79 Å². The molecule has 1 aromatic rings. The predicted molar refractivity (Wildman–Crippen MR) is 94.5 cm³/mol. The largest absolute Gasteiger partial charge is 0.384 e. The quantitative estimate of drug-likeness (QED) is 0.653. The standard InChI is InChI=1S/C18H31N3O/c1-5-15-9-7-10-16(6-2)18(15)20-13-11-17(22)19-12-8-14-21(3)4/h7,9-10,20H,5-6,8,11-14H2,1-4H3,(H,19,22). The summed E-state index contributed by atoms with van der Waals surface area (Å²) in [6.07, 6.45) is 3.52. The topological polar surface area (TPSA) is 44.4 Å². The highest BCUT2D eigenvalue weighted by Gasteiger charge is 2.06. The van der Waals surface area contributed by atoms with Crippen LogP contribution in [0.5, 0.6) is 0 Å². The van der Waals surface area contributed by atoms with Gasteiger partial charge in [-0.1, -0.05) is 32.0 Å². The third-order valence-electron chi connectivity index (χ3n) is 3.76. The van der Waals surface area contributed by atoms with Gasteiger partial charge in [0.1, 0.15) is 0 Å². The Kier molecular flexibility index (Phi) is 8.60. The predicted octanol–water partition coefficient (Wildman–Crippen LogP) is 2.68. The minimum absolute atomic E-state index is 0.123. The number of carbonyl (C=O) groups excluding carboxylic acids is 1. The minimum atomic E-state index is 0.123. The lowest BCUT2D eigenvalue weighted by Crippen LogP contribution is -2.28. The second kappa shape index (κ2) is 10.2. The van der Waals surface area contributed by atoms with Crippen LogP contribution >= 0.6 is 0 Å². The molecule has 0 saturated carbocycles. The van der Waals surface area contributed by atoms with Gasteiger partial charge in [-0.15, -0.1) is 0 Å². The SMILES string of the molecule is CCc1cccc(CC)c1NCCC(=O)NCCCN(C)C. The molecule has 0 aliphatic heterocycles. The second-order valence-corrected chi connectivity index (χ2v) is 5.84. The highest BCUT2D eigenvalue weighted by Crippen LogP contribution is 2.22. The molecule has 0 radical (unpaired) electrons. The average molecular weight is 305 g/mol. The molecule has 2 N–H and O–H groups in total. The number of nitrogens with zero attached hydrogens (tertiary/aromatic N) is 1. The molecule has 0 unspecified atom stereocenters. The van der Waals surface area contributed by atoms with E-state index < -0.39 is 0 Å². The van der Waals surface area contributed by atoms with Gasteiger partial charge in [0, 0.05) is 25.2 Å². The Morgan fingerprint density at radius 1 is 1.09 bits per heavy atom. The van der Waals surface area contributed by atoms with E-state index in [1.807, 2.05) is 14.1 Å². The summed E-state index contributed by atoms with van der Waals surface area (Å²) in [6, 6.07) is 6.42. The Morgan fingerprint density at radius 3 is 2.27 bits per heavy atom. The maximum Gasteiger partial charge on any atom is 0.221 e. The molecule has 1 rings (SSSR count). The van der Waals surface area contributed by atoms with Gasteiger partial charge < -0.3 is 15.5 Å². The van der Waals surface area contributed by atoms with Crippen LogP contribution in [0.3, 0.4) is 0 Å². The van der Waals surface area contributed by atoms with Gasteiger partial charge in [0.25, 0.3) is 0 Å². The Hall–Kier alpha value is -1.55. The molecule has 4 heteroatoms. The molecule has 0 spiro atoms. The van der Waals surface area contributed by atoms with Crippen molar-refractivity contribution < 1.29 is 4.79 Å². The summed E-state index contributed by atoms with van der Waals surface area (Å²) in [7, 11) is 4.09. The van der Waals surface area contributed by atoms with E-state index in [-0.39, 0.29) is 5.91 Å². The summed E-state index contributed by atoms with van der Waals surface area (Å²) in [5.41, 5.74) is 3.87. The first-order valence-corrected chi connectivity index (χ1v) is 8.34. The van der Waals surface area contributed by atoms with Crippen molar-refractivity contribution in [1.29, 1.82) is 0 Å². The zero-order valence-electron chi connectivity index (χ0n) is 14.5. The van der Waals surface area contributed by atoms with Crippen LogP contribution in [0.4, 0.5) is 5.69 Å². The van der Waals surface area contributed by atoms with E-state index in [0.717, 1.165) is 32.4 Å². The fraction of sp³-hybridized carbons (Fsp3) is 0.611. The first kappa shape index (κ1) is 18.5. The van der Waals surface area contributed by atoms with Gasteiger partial charge in [0.2, 0.25) is 5.91 Å². The van der Waals surface area contributed by atoms with Gasteiger partial charge in [-0.2, -0.15) is 0 Å². The molecule has 0 aliphatic rings. The van der Waals surface area contributed by atoms with Gasteiger partial charge in [-0.25, -0.2) is 0 Å². The van der Waals surface area contributed by atoms with Crippen molar-refractivity contribution in [3.05, 3.63) is 29.3 Å². The Morgan fingerprint density at radius 2 is 1.73 bits per heavy atom. The first-order valence-electron chi connectivity index (χ1n) is 8.34. The molecule has 0 aromatic heterocycles. The van der Waals surface area contributed by atoms with Crippen molar-refractivity contribution in [2.45, 2.75) is 39.5 Å². The lowest BCUT2D eigenvalue weighted by Gasteiger charge is -2.15. The number of rotatable bonds is 10. The molecular formula is C18H31N3O. The van der Waals surface area contributed by atoms with Gasteiger partial charge in [0.05, 0.1) is 0 Å². The van der Waals surface area contributed by atoms with Crippen molar-refractivity contribution >= 4 is 11.6 Å². The van der Waals surface area contributed by atoms with E-state index in [4.69, 9.17) is 0 Å². The number of hydrogen-bond acceptors (Lipinski definition) is 3. The lowest BCUT2D eigenvalue weighted by atomic mass is 10.0. The molecule has 0 saturated heterocycles. The van der Waals surface area contributed by atoms with Crippen molar-refractivity contribution in [3.8, 4) is 0 Å². The molecule has 0 aliphatic carbocycles. The third-order valence-corrected chi connectivity index (χ3v) is 3.76. The van der Waals surface area contributed by atoms with Gasteiger partial charge in [0.15, 0.2) is 0 Å². The van der Waals surface area contributed by atoms with Crippen LogP contribution < -0.4 is 10.6 Å². The summed E-state index contributed by atoms with van der Waals surface area (Å²) in [6.45, 7) is 6.77. The van der Waals surface area contributed by atoms with Gasteiger partial charge >= 0.3 is 0 Å². The van der Waals surface area contributed by atoms with Crippen LogP contribution in [-0.2, 0) is 17.6 Å². The summed E-state index contributed by atoms with van der Waals surface area (Å²) >= 11 is 0. The van der Waals surface area contributed by atoms with Crippen molar-refractivity contribution in [1.82, 2.24) is 10.2 Å². The van der Waals surface area contributed by atoms with Crippen LogP contribution in [0, 0.1) is 0 Å². The van der Waals surface area contributed by atoms with Gasteiger partial charge in [-0.05, 0) is 51.0 Å². The number of amides is 1. The molecule has 0 atom stereocenters. The van der Waals surface area contributed by atoms with E-state index in [1.165, 1.54) is 16.8 Å². The Balaban J connectivity index is 2.36. The summed E-state index contributed by atoms with van der Waals surface area (Å²) in [5, 5.41) is 6.43. The zero-order valence-corrected chi connectivity index (χ0v) is 14.5. The molecule has 0 heterocycles. The summed E-state index contributed by atoms with van der Waals surface area (Å²) in [5.74, 6) is 0.123. The molecule has 0 bridgehead atoms. The third kappa shape index (κ3) is 6.48. The van der Waals surface area contributed by atoms with Crippen LogP contribution in [0.25, 0.3) is 0 Å². The fourth-order valence-corrected chi connectivity index (χ4v) is 2.48. The zero-order chi connectivity index (χ0) is 16.4. The smallest absolute Gasteiger partial charge is 0.221 e. The monoisotopic (exact) mass is 305 g/mol. The molecule has 0 fully saturated rings. The van der Waals surface area contributed by atoms with Crippen molar-refractivity contribution in [2.24, 2.45) is 0 Å². The number of carbonyl (C=O) groups is 1. The van der Waals surface area contributed by atoms with E-state index in [2.05, 4.69) is 47.6 Å². The number of aryl methyl sites for hydroxylation is 2.